The van der Waals surface area contributed by atoms with Crippen molar-refractivity contribution < 1.29 is 9.90 Å². The highest BCUT2D eigenvalue weighted by Gasteiger charge is 2.24. The van der Waals surface area contributed by atoms with E-state index >= 15 is 0 Å². The Labute approximate surface area is 111 Å². The maximum absolute atomic E-state index is 12.0. The first-order chi connectivity index (χ1) is 8.42. The second kappa shape index (κ2) is 7.10. The molecule has 1 aliphatic carbocycles. The van der Waals surface area contributed by atoms with E-state index in [1.807, 2.05) is 20.8 Å². The van der Waals surface area contributed by atoms with Crippen LogP contribution in [0.3, 0.4) is 0 Å². The number of hydrogen-bond donors (Lipinski definition) is 2. The normalized spacial score (nSPS) is 18.1. The summed E-state index contributed by atoms with van der Waals surface area (Å²) in [6, 6.07) is 0.469. The fourth-order valence-electron chi connectivity index (χ4n) is 2.61. The molecule has 0 heterocycles. The summed E-state index contributed by atoms with van der Waals surface area (Å²) in [5.41, 5.74) is -0.186. The summed E-state index contributed by atoms with van der Waals surface area (Å²) < 4.78 is 0. The van der Waals surface area contributed by atoms with Gasteiger partial charge in [0.2, 0.25) is 5.91 Å². The molecule has 1 aliphatic rings. The Hall–Kier alpha value is -0.610. The lowest BCUT2D eigenvalue weighted by atomic mass is 9.94. The first-order valence-electron chi connectivity index (χ1n) is 7.08. The number of carbonyl (C=O) groups is 1. The van der Waals surface area contributed by atoms with Gasteiger partial charge < -0.3 is 10.4 Å². The standard InChI is InChI=1S/C14H28N2O2/c1-14(2,3)15-13(18)11-16(9-10-17)12-7-5-4-6-8-12/h12,17H,4-11H2,1-3H3,(H,15,18). The van der Waals surface area contributed by atoms with Gasteiger partial charge in [0.1, 0.15) is 0 Å². The monoisotopic (exact) mass is 256 g/mol. The van der Waals surface area contributed by atoms with Gasteiger partial charge in [-0.1, -0.05) is 19.3 Å². The Morgan fingerprint density at radius 1 is 1.28 bits per heavy atom. The third-order valence-corrected chi connectivity index (χ3v) is 3.34. The Bertz CT molecular complexity index is 255. The number of nitrogens with zero attached hydrogens (tertiary/aromatic N) is 1. The minimum Gasteiger partial charge on any atom is -0.395 e. The fourth-order valence-corrected chi connectivity index (χ4v) is 2.61. The number of hydrogen-bond acceptors (Lipinski definition) is 3. The van der Waals surface area contributed by atoms with E-state index in [0.29, 0.717) is 19.1 Å². The van der Waals surface area contributed by atoms with Crippen molar-refractivity contribution in [3.8, 4) is 0 Å². The van der Waals surface area contributed by atoms with Gasteiger partial charge in [-0.2, -0.15) is 0 Å². The number of amides is 1. The summed E-state index contributed by atoms with van der Waals surface area (Å²) in [4.78, 5) is 14.1. The quantitative estimate of drug-likeness (QED) is 0.784. The van der Waals surface area contributed by atoms with Crippen molar-refractivity contribution in [1.82, 2.24) is 10.2 Å². The maximum Gasteiger partial charge on any atom is 0.234 e. The fraction of sp³-hybridized carbons (Fsp3) is 0.929. The smallest absolute Gasteiger partial charge is 0.234 e. The molecule has 4 heteroatoms. The molecule has 1 amide bonds. The van der Waals surface area contributed by atoms with E-state index in [0.717, 1.165) is 12.8 Å². The molecular formula is C14H28N2O2. The topological polar surface area (TPSA) is 52.6 Å². The first-order valence-corrected chi connectivity index (χ1v) is 7.08. The predicted molar refractivity (Wildman–Crippen MR) is 73.4 cm³/mol. The number of aliphatic hydroxyl groups is 1. The van der Waals surface area contributed by atoms with E-state index in [9.17, 15) is 4.79 Å². The molecule has 106 valence electrons. The van der Waals surface area contributed by atoms with Gasteiger partial charge in [-0.15, -0.1) is 0 Å². The number of aliphatic hydroxyl groups excluding tert-OH is 1. The third-order valence-electron chi connectivity index (χ3n) is 3.34. The lowest BCUT2D eigenvalue weighted by Crippen LogP contribution is -2.49. The van der Waals surface area contributed by atoms with Crippen molar-refractivity contribution in [2.75, 3.05) is 19.7 Å². The van der Waals surface area contributed by atoms with Gasteiger partial charge in [-0.05, 0) is 33.6 Å². The molecule has 0 atom stereocenters. The van der Waals surface area contributed by atoms with Crippen LogP contribution in [0.5, 0.6) is 0 Å². The van der Waals surface area contributed by atoms with E-state index in [2.05, 4.69) is 10.2 Å². The van der Waals surface area contributed by atoms with Gasteiger partial charge in [-0.3, -0.25) is 9.69 Å². The highest BCUT2D eigenvalue weighted by Crippen LogP contribution is 2.22. The molecule has 0 radical (unpaired) electrons. The van der Waals surface area contributed by atoms with Gasteiger partial charge in [0.25, 0.3) is 0 Å². The van der Waals surface area contributed by atoms with Crippen LogP contribution in [0.25, 0.3) is 0 Å². The van der Waals surface area contributed by atoms with Crippen molar-refractivity contribution in [2.45, 2.75) is 64.5 Å². The first kappa shape index (κ1) is 15.4. The Balaban J connectivity index is 2.48. The average molecular weight is 256 g/mol. The molecular weight excluding hydrogens is 228 g/mol. The molecule has 0 spiro atoms. The van der Waals surface area contributed by atoms with Crippen LogP contribution in [0.1, 0.15) is 52.9 Å². The van der Waals surface area contributed by atoms with E-state index in [4.69, 9.17) is 5.11 Å². The summed E-state index contributed by atoms with van der Waals surface area (Å²) in [6.07, 6.45) is 6.10. The second-order valence-corrected chi connectivity index (χ2v) is 6.28. The second-order valence-electron chi connectivity index (χ2n) is 6.28. The van der Waals surface area contributed by atoms with Gasteiger partial charge in [0.05, 0.1) is 13.2 Å². The SMILES string of the molecule is CC(C)(C)NC(=O)CN(CCO)C1CCCCC1. The van der Waals surface area contributed by atoms with Gasteiger partial charge in [-0.25, -0.2) is 0 Å². The number of carbonyl (C=O) groups excluding carboxylic acids is 1. The molecule has 0 aliphatic heterocycles. The Kier molecular flexibility index (Phi) is 6.09. The van der Waals surface area contributed by atoms with Gasteiger partial charge >= 0.3 is 0 Å². The Morgan fingerprint density at radius 2 is 1.89 bits per heavy atom. The molecule has 0 saturated heterocycles. The van der Waals surface area contributed by atoms with Crippen LogP contribution >= 0.6 is 0 Å². The van der Waals surface area contributed by atoms with Crippen LogP contribution in [0.2, 0.25) is 0 Å². The zero-order valence-electron chi connectivity index (χ0n) is 12.0. The third kappa shape index (κ3) is 5.83. The highest BCUT2D eigenvalue weighted by atomic mass is 16.3. The molecule has 0 unspecified atom stereocenters. The molecule has 0 aromatic rings. The predicted octanol–water partition coefficient (Wildman–Crippen LogP) is 1.53. The molecule has 18 heavy (non-hydrogen) atoms. The molecule has 1 fully saturated rings. The minimum absolute atomic E-state index is 0.0570. The van der Waals surface area contributed by atoms with Crippen molar-refractivity contribution >= 4 is 5.91 Å². The van der Waals surface area contributed by atoms with Gasteiger partial charge in [0, 0.05) is 18.1 Å². The minimum atomic E-state index is -0.186. The van der Waals surface area contributed by atoms with E-state index in [1.165, 1.54) is 19.3 Å². The summed E-state index contributed by atoms with van der Waals surface area (Å²) in [5.74, 6) is 0.0570. The van der Waals surface area contributed by atoms with Crippen LogP contribution in [0, 0.1) is 0 Å². The van der Waals surface area contributed by atoms with E-state index < -0.39 is 0 Å². The van der Waals surface area contributed by atoms with Crippen LogP contribution in [-0.4, -0.2) is 47.2 Å². The summed E-state index contributed by atoms with van der Waals surface area (Å²) in [6.45, 7) is 7.09. The van der Waals surface area contributed by atoms with Crippen LogP contribution in [0.15, 0.2) is 0 Å². The molecule has 0 bridgehead atoms. The van der Waals surface area contributed by atoms with Crippen molar-refractivity contribution in [2.24, 2.45) is 0 Å². The summed E-state index contributed by atoms with van der Waals surface area (Å²) in [7, 11) is 0. The maximum atomic E-state index is 12.0. The van der Waals surface area contributed by atoms with Crippen LogP contribution in [-0.2, 0) is 4.79 Å². The lowest BCUT2D eigenvalue weighted by Gasteiger charge is -2.34. The Morgan fingerprint density at radius 3 is 2.39 bits per heavy atom. The van der Waals surface area contributed by atoms with Crippen LogP contribution < -0.4 is 5.32 Å². The lowest BCUT2D eigenvalue weighted by molar-refractivity contribution is -0.124. The number of nitrogens with one attached hydrogen (secondary N) is 1. The van der Waals surface area contributed by atoms with Gasteiger partial charge in [0.15, 0.2) is 0 Å². The zero-order valence-corrected chi connectivity index (χ0v) is 12.0. The summed E-state index contributed by atoms with van der Waals surface area (Å²) >= 11 is 0. The van der Waals surface area contributed by atoms with Crippen LogP contribution in [0.4, 0.5) is 0 Å². The highest BCUT2D eigenvalue weighted by molar-refractivity contribution is 5.78. The molecule has 2 N–H and O–H groups in total. The van der Waals surface area contributed by atoms with Crippen molar-refractivity contribution in [1.29, 1.82) is 0 Å². The largest absolute Gasteiger partial charge is 0.395 e. The average Bonchev–Trinajstić information content (AvgIpc) is 2.27. The van der Waals surface area contributed by atoms with E-state index in [1.54, 1.807) is 0 Å². The zero-order chi connectivity index (χ0) is 13.6. The van der Waals surface area contributed by atoms with Crippen molar-refractivity contribution in [3.05, 3.63) is 0 Å². The number of rotatable bonds is 5. The van der Waals surface area contributed by atoms with E-state index in [-0.39, 0.29) is 18.1 Å². The molecule has 4 nitrogen and oxygen atoms in total. The summed E-state index contributed by atoms with van der Waals surface area (Å²) in [5, 5.41) is 12.1. The van der Waals surface area contributed by atoms with Crippen molar-refractivity contribution in [3.63, 3.8) is 0 Å². The molecule has 0 aromatic carbocycles. The molecule has 1 saturated carbocycles. The molecule has 0 aromatic heterocycles. The molecule has 1 rings (SSSR count).